The molecule has 0 amide bonds. The summed E-state index contributed by atoms with van der Waals surface area (Å²) in [5, 5.41) is 44.1. The molecule has 0 aromatic rings. The summed E-state index contributed by atoms with van der Waals surface area (Å²) in [6.45, 7) is 4.38. The van der Waals surface area contributed by atoms with Gasteiger partial charge in [-0.25, -0.2) is 4.79 Å². The van der Waals surface area contributed by atoms with E-state index in [9.17, 15) is 25.2 Å². The van der Waals surface area contributed by atoms with Crippen molar-refractivity contribution in [3.05, 3.63) is 23.3 Å². The molecule has 160 valence electrons. The maximum atomic E-state index is 12.1. The van der Waals surface area contributed by atoms with Crippen LogP contribution in [0.2, 0.25) is 0 Å². The Kier molecular flexibility index (Phi) is 4.19. The molecule has 6 heteroatoms. The molecule has 29 heavy (non-hydrogen) atoms. The Balaban J connectivity index is 1.52. The van der Waals surface area contributed by atoms with Gasteiger partial charge in [0.2, 0.25) is 0 Å². The molecule has 5 aliphatic rings. The van der Waals surface area contributed by atoms with Crippen molar-refractivity contribution in [3.8, 4) is 0 Å². The van der Waals surface area contributed by atoms with Gasteiger partial charge in [-0.15, -0.1) is 0 Å². The van der Waals surface area contributed by atoms with Crippen LogP contribution in [0.4, 0.5) is 0 Å². The number of hydrogen-bond acceptors (Lipinski definition) is 6. The lowest BCUT2D eigenvalue weighted by Gasteiger charge is -2.65. The second-order valence-corrected chi connectivity index (χ2v) is 10.6. The van der Waals surface area contributed by atoms with Crippen molar-refractivity contribution in [3.63, 3.8) is 0 Å². The minimum atomic E-state index is -0.992. The Labute approximate surface area is 171 Å². The number of aliphatic hydroxyl groups is 4. The highest BCUT2D eigenvalue weighted by molar-refractivity contribution is 5.86. The third kappa shape index (κ3) is 2.46. The highest BCUT2D eigenvalue weighted by Crippen LogP contribution is 2.68. The molecule has 0 aromatic heterocycles. The molecule has 1 heterocycles. The lowest BCUT2D eigenvalue weighted by Crippen LogP contribution is -2.67. The van der Waals surface area contributed by atoms with Crippen molar-refractivity contribution in [2.45, 2.75) is 76.3 Å². The van der Waals surface area contributed by atoms with E-state index in [2.05, 4.69) is 6.92 Å². The summed E-state index contributed by atoms with van der Waals surface area (Å²) in [6.07, 6.45) is 5.07. The molecule has 0 bridgehead atoms. The Morgan fingerprint density at radius 3 is 2.52 bits per heavy atom. The standard InChI is InChI=1S/C23H32O6/c1-21-9-17(25)16(24)8-13(21)3-4-15-20(21)18(26)10-22(2)14(5-6-23(15,22)28)12-7-19(27)29-11-12/h5,7,13,15-18,20,24-26,28H,3-4,6,8-11H2,1-2H3/t13-,15-,16-,17-,18+,20-,21+,22-,23+/m1/s1. The summed E-state index contributed by atoms with van der Waals surface area (Å²) < 4.78 is 5.11. The van der Waals surface area contributed by atoms with Crippen molar-refractivity contribution in [1.82, 2.24) is 0 Å². The molecule has 3 fully saturated rings. The van der Waals surface area contributed by atoms with Crippen LogP contribution in [0.1, 0.15) is 52.4 Å². The van der Waals surface area contributed by atoms with Gasteiger partial charge in [0.05, 0.1) is 23.9 Å². The first kappa shape index (κ1) is 19.7. The summed E-state index contributed by atoms with van der Waals surface area (Å²) in [7, 11) is 0. The Morgan fingerprint density at radius 2 is 1.83 bits per heavy atom. The number of rotatable bonds is 1. The number of hydrogen-bond donors (Lipinski definition) is 4. The lowest BCUT2D eigenvalue weighted by molar-refractivity contribution is -0.241. The summed E-state index contributed by atoms with van der Waals surface area (Å²) in [4.78, 5) is 11.6. The monoisotopic (exact) mass is 404 g/mol. The number of carbonyl (C=O) groups excluding carboxylic acids is 1. The molecule has 9 atom stereocenters. The third-order valence-electron chi connectivity index (χ3n) is 9.39. The fourth-order valence-electron chi connectivity index (χ4n) is 7.94. The maximum absolute atomic E-state index is 12.1. The van der Waals surface area contributed by atoms with Crippen molar-refractivity contribution in [2.75, 3.05) is 6.61 Å². The summed E-state index contributed by atoms with van der Waals surface area (Å²) >= 11 is 0. The average Bonchev–Trinajstić information content (AvgIpc) is 3.17. The van der Waals surface area contributed by atoms with Crippen LogP contribution in [0, 0.1) is 28.6 Å². The van der Waals surface area contributed by atoms with Crippen LogP contribution < -0.4 is 0 Å². The van der Waals surface area contributed by atoms with Crippen molar-refractivity contribution >= 4 is 5.97 Å². The molecule has 6 nitrogen and oxygen atoms in total. The van der Waals surface area contributed by atoms with Gasteiger partial charge in [0.25, 0.3) is 0 Å². The summed E-state index contributed by atoms with van der Waals surface area (Å²) in [6, 6.07) is 0. The van der Waals surface area contributed by atoms with E-state index < -0.39 is 29.3 Å². The second-order valence-electron chi connectivity index (χ2n) is 10.6. The molecular weight excluding hydrogens is 372 g/mol. The van der Waals surface area contributed by atoms with Gasteiger partial charge in [-0.05, 0) is 67.3 Å². The summed E-state index contributed by atoms with van der Waals surface area (Å²) in [5.74, 6) is -0.323. The van der Waals surface area contributed by atoms with Crippen LogP contribution in [0.3, 0.4) is 0 Å². The molecule has 4 aliphatic carbocycles. The van der Waals surface area contributed by atoms with E-state index in [0.29, 0.717) is 25.7 Å². The minimum absolute atomic E-state index is 0.0904. The predicted molar refractivity (Wildman–Crippen MR) is 104 cm³/mol. The quantitative estimate of drug-likeness (QED) is 0.493. The zero-order valence-electron chi connectivity index (χ0n) is 17.2. The van der Waals surface area contributed by atoms with Crippen molar-refractivity contribution in [1.29, 1.82) is 0 Å². The highest BCUT2D eigenvalue weighted by atomic mass is 16.5. The van der Waals surface area contributed by atoms with Gasteiger partial charge in [-0.1, -0.05) is 19.9 Å². The number of aliphatic hydroxyl groups excluding tert-OH is 3. The van der Waals surface area contributed by atoms with Gasteiger partial charge in [0.1, 0.15) is 6.61 Å². The van der Waals surface area contributed by atoms with Crippen LogP contribution in [0.25, 0.3) is 0 Å². The SMILES string of the molecule is C[C@]12C[C@@H](O)[C@H](O)C[C@H]1CC[C@@H]1[C@@H]2[C@@H](O)C[C@]2(C)C(C3=CC(=O)OC3)=CC[C@]12O. The third-order valence-corrected chi connectivity index (χ3v) is 9.39. The van der Waals surface area contributed by atoms with Crippen LogP contribution >= 0.6 is 0 Å². The predicted octanol–water partition coefficient (Wildman–Crippen LogP) is 1.47. The van der Waals surface area contributed by atoms with E-state index in [4.69, 9.17) is 4.74 Å². The molecule has 0 radical (unpaired) electrons. The van der Waals surface area contributed by atoms with Gasteiger partial charge in [0.15, 0.2) is 0 Å². The van der Waals surface area contributed by atoms with Crippen LogP contribution in [-0.2, 0) is 9.53 Å². The minimum Gasteiger partial charge on any atom is -0.458 e. The Hall–Kier alpha value is -1.21. The van der Waals surface area contributed by atoms with Crippen molar-refractivity contribution in [2.24, 2.45) is 28.6 Å². The molecule has 4 N–H and O–H groups in total. The number of ether oxygens (including phenoxy) is 1. The van der Waals surface area contributed by atoms with E-state index in [1.54, 1.807) is 0 Å². The summed E-state index contributed by atoms with van der Waals surface area (Å²) in [5.41, 5.74) is -0.186. The van der Waals surface area contributed by atoms with Crippen LogP contribution in [0.15, 0.2) is 23.3 Å². The molecular formula is C23H32O6. The zero-order valence-corrected chi connectivity index (χ0v) is 17.2. The number of cyclic esters (lactones) is 1. The molecule has 0 aromatic carbocycles. The maximum Gasteiger partial charge on any atom is 0.331 e. The van der Waals surface area contributed by atoms with Gasteiger partial charge >= 0.3 is 5.97 Å². The zero-order chi connectivity index (χ0) is 20.8. The number of fused-ring (bicyclic) bond motifs is 5. The lowest BCUT2D eigenvalue weighted by atomic mass is 9.42. The fraction of sp³-hybridized carbons (Fsp3) is 0.783. The van der Waals surface area contributed by atoms with Gasteiger partial charge in [0, 0.05) is 17.1 Å². The molecule has 0 unspecified atom stereocenters. The van der Waals surface area contributed by atoms with Crippen LogP contribution in [0.5, 0.6) is 0 Å². The van der Waals surface area contributed by atoms with Gasteiger partial charge < -0.3 is 25.2 Å². The molecule has 1 aliphatic heterocycles. The first-order valence-corrected chi connectivity index (χ1v) is 10.9. The van der Waals surface area contributed by atoms with E-state index >= 15 is 0 Å². The Morgan fingerprint density at radius 1 is 1.07 bits per heavy atom. The van der Waals surface area contributed by atoms with Gasteiger partial charge in [-0.2, -0.15) is 0 Å². The average molecular weight is 405 g/mol. The normalized spacial score (nSPS) is 54.1. The molecule has 0 spiro atoms. The van der Waals surface area contributed by atoms with E-state index in [0.717, 1.165) is 24.0 Å². The molecule has 5 rings (SSSR count). The number of esters is 1. The fourth-order valence-corrected chi connectivity index (χ4v) is 7.94. The molecule has 0 saturated heterocycles. The first-order chi connectivity index (χ1) is 13.6. The topological polar surface area (TPSA) is 107 Å². The highest BCUT2D eigenvalue weighted by Gasteiger charge is 2.68. The number of carbonyl (C=O) groups is 1. The van der Waals surface area contributed by atoms with Gasteiger partial charge in [-0.3, -0.25) is 0 Å². The first-order valence-electron chi connectivity index (χ1n) is 10.9. The van der Waals surface area contributed by atoms with E-state index in [1.807, 2.05) is 13.0 Å². The second kappa shape index (κ2) is 6.16. The van der Waals surface area contributed by atoms with E-state index in [-0.39, 0.29) is 35.7 Å². The smallest absolute Gasteiger partial charge is 0.331 e. The van der Waals surface area contributed by atoms with Crippen LogP contribution in [-0.4, -0.2) is 56.9 Å². The van der Waals surface area contributed by atoms with Crippen molar-refractivity contribution < 1.29 is 30.0 Å². The Bertz CT molecular complexity index is 803. The van der Waals surface area contributed by atoms with E-state index in [1.165, 1.54) is 6.08 Å². The largest absolute Gasteiger partial charge is 0.458 e. The molecule has 3 saturated carbocycles.